The molecular weight excluding hydrogens is 354 g/mol. The summed E-state index contributed by atoms with van der Waals surface area (Å²) in [4.78, 5) is 4.44. The molecule has 27 heavy (non-hydrogen) atoms. The molecule has 1 saturated carbocycles. The number of anilines is 1. The maximum absolute atomic E-state index is 9.28. The lowest BCUT2D eigenvalue weighted by molar-refractivity contribution is 0.218. The first-order valence-corrected chi connectivity index (χ1v) is 9.77. The van der Waals surface area contributed by atoms with Crippen LogP contribution in [0.3, 0.4) is 0 Å². The van der Waals surface area contributed by atoms with Crippen molar-refractivity contribution in [2.75, 3.05) is 5.32 Å². The minimum absolute atomic E-state index is 0.0736. The van der Waals surface area contributed by atoms with Crippen molar-refractivity contribution in [1.29, 1.82) is 5.26 Å². The smallest absolute Gasteiger partial charge is 0.0722 e. The summed E-state index contributed by atoms with van der Waals surface area (Å²) in [6.07, 6.45) is 3.37. The van der Waals surface area contributed by atoms with Crippen LogP contribution in [0.5, 0.6) is 0 Å². The van der Waals surface area contributed by atoms with Gasteiger partial charge in [-0.05, 0) is 55.2 Å². The quantitative estimate of drug-likeness (QED) is 0.569. The molecular formula is C23H24ClN3. The Hall–Kier alpha value is -2.57. The summed E-state index contributed by atoms with van der Waals surface area (Å²) in [6, 6.07) is 18.6. The van der Waals surface area contributed by atoms with Gasteiger partial charge in [0.05, 0.1) is 23.0 Å². The lowest BCUT2D eigenvalue weighted by atomic mass is 9.64. The van der Waals surface area contributed by atoms with Crippen LogP contribution in [0.1, 0.15) is 37.8 Å². The molecule has 0 radical (unpaired) electrons. The van der Waals surface area contributed by atoms with Gasteiger partial charge in [0, 0.05) is 22.3 Å². The Labute approximate surface area is 166 Å². The SMILES string of the molecule is CC.Cc1c(Cl)cccc1C1(Nc2ccc3cccnc3c2)CC(C#N)C1. The molecule has 1 fully saturated rings. The minimum atomic E-state index is -0.252. The van der Waals surface area contributed by atoms with E-state index in [4.69, 9.17) is 11.6 Å². The first kappa shape index (κ1) is 19.2. The van der Waals surface area contributed by atoms with Crippen LogP contribution >= 0.6 is 11.6 Å². The van der Waals surface area contributed by atoms with Crippen molar-refractivity contribution < 1.29 is 0 Å². The fourth-order valence-electron chi connectivity index (χ4n) is 3.81. The Morgan fingerprint density at radius 1 is 1.15 bits per heavy atom. The highest BCUT2D eigenvalue weighted by Crippen LogP contribution is 2.49. The van der Waals surface area contributed by atoms with E-state index in [0.29, 0.717) is 0 Å². The molecule has 0 saturated heterocycles. The molecule has 0 spiro atoms. The van der Waals surface area contributed by atoms with Crippen molar-refractivity contribution in [3.05, 3.63) is 70.9 Å². The molecule has 4 rings (SSSR count). The third-order valence-electron chi connectivity index (χ3n) is 5.15. The van der Waals surface area contributed by atoms with Crippen LogP contribution in [0.15, 0.2) is 54.7 Å². The summed E-state index contributed by atoms with van der Waals surface area (Å²) in [5.41, 5.74) is 3.97. The number of hydrogen-bond acceptors (Lipinski definition) is 3. The standard InChI is InChI=1S/C21H18ClN3.C2H6/c1-14-18(5-2-6-19(14)22)21(11-15(12-21)13-23)25-17-8-7-16-4-3-9-24-20(16)10-17;1-2/h2-10,15,25H,11-12H2,1H3;1-2H3. The number of fused-ring (bicyclic) bond motifs is 1. The molecule has 3 aromatic rings. The average molecular weight is 378 g/mol. The number of rotatable bonds is 3. The van der Waals surface area contributed by atoms with Gasteiger partial charge in [-0.3, -0.25) is 4.98 Å². The van der Waals surface area contributed by atoms with Crippen LogP contribution in [-0.4, -0.2) is 4.98 Å². The van der Waals surface area contributed by atoms with Gasteiger partial charge >= 0.3 is 0 Å². The normalized spacial score (nSPS) is 20.8. The van der Waals surface area contributed by atoms with Gasteiger partial charge in [0.15, 0.2) is 0 Å². The Kier molecular flexibility index (Phi) is 5.68. The second-order valence-electron chi connectivity index (χ2n) is 6.76. The van der Waals surface area contributed by atoms with Gasteiger partial charge in [-0.1, -0.05) is 49.7 Å². The summed E-state index contributed by atoms with van der Waals surface area (Å²) in [7, 11) is 0. The highest BCUT2D eigenvalue weighted by atomic mass is 35.5. The zero-order valence-electron chi connectivity index (χ0n) is 16.0. The average Bonchev–Trinajstić information content (AvgIpc) is 2.68. The number of hydrogen-bond donors (Lipinski definition) is 1. The van der Waals surface area contributed by atoms with E-state index in [1.807, 2.05) is 39.0 Å². The Morgan fingerprint density at radius 3 is 2.67 bits per heavy atom. The second-order valence-corrected chi connectivity index (χ2v) is 7.17. The lowest BCUT2D eigenvalue weighted by Gasteiger charge is -2.47. The minimum Gasteiger partial charge on any atom is -0.375 e. The Bertz CT molecular complexity index is 984. The van der Waals surface area contributed by atoms with E-state index < -0.39 is 0 Å². The largest absolute Gasteiger partial charge is 0.375 e. The van der Waals surface area contributed by atoms with Crippen LogP contribution in [0.4, 0.5) is 5.69 Å². The van der Waals surface area contributed by atoms with Gasteiger partial charge in [0.1, 0.15) is 0 Å². The number of nitrogens with zero attached hydrogens (tertiary/aromatic N) is 2. The van der Waals surface area contributed by atoms with Crippen molar-refractivity contribution in [3.8, 4) is 6.07 Å². The van der Waals surface area contributed by atoms with Gasteiger partial charge in [-0.2, -0.15) is 5.26 Å². The van der Waals surface area contributed by atoms with Gasteiger partial charge in [0.25, 0.3) is 0 Å². The highest BCUT2D eigenvalue weighted by Gasteiger charge is 2.46. The number of nitrogens with one attached hydrogen (secondary N) is 1. The third kappa shape index (κ3) is 3.63. The van der Waals surface area contributed by atoms with Crippen LogP contribution in [0.25, 0.3) is 10.9 Å². The molecule has 138 valence electrons. The second kappa shape index (κ2) is 7.98. The number of halogens is 1. The molecule has 0 unspecified atom stereocenters. The van der Waals surface area contributed by atoms with E-state index in [1.165, 1.54) is 5.56 Å². The first-order valence-electron chi connectivity index (χ1n) is 9.39. The van der Waals surface area contributed by atoms with E-state index in [-0.39, 0.29) is 11.5 Å². The van der Waals surface area contributed by atoms with Crippen LogP contribution in [-0.2, 0) is 5.54 Å². The number of pyridine rings is 1. The van der Waals surface area contributed by atoms with E-state index >= 15 is 0 Å². The molecule has 1 N–H and O–H groups in total. The number of aromatic nitrogens is 1. The first-order chi connectivity index (χ1) is 13.1. The Balaban J connectivity index is 0.00000102. The zero-order valence-corrected chi connectivity index (χ0v) is 16.7. The van der Waals surface area contributed by atoms with Gasteiger partial charge in [0.2, 0.25) is 0 Å². The van der Waals surface area contributed by atoms with Crippen molar-refractivity contribution in [2.24, 2.45) is 5.92 Å². The molecule has 0 amide bonds. The molecule has 0 bridgehead atoms. The fourth-order valence-corrected chi connectivity index (χ4v) is 3.98. The van der Waals surface area contributed by atoms with Gasteiger partial charge in [-0.25, -0.2) is 0 Å². The number of nitriles is 1. The molecule has 1 heterocycles. The molecule has 3 nitrogen and oxygen atoms in total. The molecule has 1 aromatic heterocycles. The van der Waals surface area contributed by atoms with E-state index in [1.54, 1.807) is 6.20 Å². The summed E-state index contributed by atoms with van der Waals surface area (Å²) >= 11 is 6.35. The van der Waals surface area contributed by atoms with E-state index in [9.17, 15) is 5.26 Å². The number of benzene rings is 2. The summed E-state index contributed by atoms with van der Waals surface area (Å²) in [6.45, 7) is 6.04. The highest BCUT2D eigenvalue weighted by molar-refractivity contribution is 6.31. The molecule has 2 aromatic carbocycles. The lowest BCUT2D eigenvalue weighted by Crippen LogP contribution is -2.47. The topological polar surface area (TPSA) is 48.7 Å². The molecule has 1 aliphatic rings. The van der Waals surface area contributed by atoms with Crippen molar-refractivity contribution in [3.63, 3.8) is 0 Å². The van der Waals surface area contributed by atoms with Crippen LogP contribution in [0.2, 0.25) is 5.02 Å². The summed E-state index contributed by atoms with van der Waals surface area (Å²) in [5.74, 6) is 0.0736. The monoisotopic (exact) mass is 377 g/mol. The molecule has 0 aliphatic heterocycles. The van der Waals surface area contributed by atoms with Crippen molar-refractivity contribution in [2.45, 2.75) is 39.2 Å². The molecule has 1 aliphatic carbocycles. The molecule has 0 atom stereocenters. The summed E-state index contributed by atoms with van der Waals surface area (Å²) < 4.78 is 0. The fraction of sp³-hybridized carbons (Fsp3) is 0.304. The Morgan fingerprint density at radius 2 is 1.93 bits per heavy atom. The van der Waals surface area contributed by atoms with Crippen molar-refractivity contribution >= 4 is 28.2 Å². The van der Waals surface area contributed by atoms with Gasteiger partial charge < -0.3 is 5.32 Å². The predicted molar refractivity (Wildman–Crippen MR) is 113 cm³/mol. The van der Waals surface area contributed by atoms with Gasteiger partial charge in [-0.15, -0.1) is 0 Å². The van der Waals surface area contributed by atoms with Crippen LogP contribution < -0.4 is 5.32 Å². The zero-order chi connectivity index (χ0) is 19.4. The van der Waals surface area contributed by atoms with Crippen molar-refractivity contribution in [1.82, 2.24) is 4.98 Å². The van der Waals surface area contributed by atoms with E-state index in [2.05, 4.69) is 46.7 Å². The van der Waals surface area contributed by atoms with Crippen LogP contribution in [0, 0.1) is 24.2 Å². The third-order valence-corrected chi connectivity index (χ3v) is 5.55. The van der Waals surface area contributed by atoms with E-state index in [0.717, 1.165) is 40.0 Å². The predicted octanol–water partition coefficient (Wildman–Crippen LogP) is 6.46. The molecule has 4 heteroatoms. The maximum atomic E-state index is 9.28. The summed E-state index contributed by atoms with van der Waals surface area (Å²) in [5, 5.41) is 14.8. The maximum Gasteiger partial charge on any atom is 0.0722 e.